The van der Waals surface area contributed by atoms with Gasteiger partial charge in [0.15, 0.2) is 5.58 Å². The van der Waals surface area contributed by atoms with E-state index in [2.05, 4.69) is 10.3 Å². The second-order valence-corrected chi connectivity index (χ2v) is 3.71. The maximum Gasteiger partial charge on any atom is 0.468 e. The third kappa shape index (κ3) is 1.37. The quantitative estimate of drug-likeness (QED) is 0.752. The van der Waals surface area contributed by atoms with Gasteiger partial charge >= 0.3 is 12.1 Å². The van der Waals surface area contributed by atoms with E-state index < -0.39 is 12.1 Å². The molecule has 0 saturated heterocycles. The topological polar surface area (TPSA) is 38.1 Å². The van der Waals surface area contributed by atoms with Crippen LogP contribution >= 0.6 is 0 Å². The van der Waals surface area contributed by atoms with E-state index in [1.807, 2.05) is 0 Å². The van der Waals surface area contributed by atoms with Gasteiger partial charge in [0.1, 0.15) is 5.52 Å². The number of hydrogen-bond acceptors (Lipinski definition) is 3. The van der Waals surface area contributed by atoms with Crippen molar-refractivity contribution in [2.45, 2.75) is 19.3 Å². The van der Waals surface area contributed by atoms with E-state index in [9.17, 15) is 13.2 Å². The Hall–Kier alpha value is -1.56. The van der Waals surface area contributed by atoms with Crippen LogP contribution < -0.4 is 5.32 Å². The van der Waals surface area contributed by atoms with Crippen LogP contribution in [0.4, 0.5) is 13.2 Å². The Morgan fingerprint density at radius 1 is 1.19 bits per heavy atom. The van der Waals surface area contributed by atoms with Gasteiger partial charge in [0.25, 0.3) is 0 Å². The monoisotopic (exact) mass is 228 g/mol. The van der Waals surface area contributed by atoms with Gasteiger partial charge in [-0.15, -0.1) is 0 Å². The van der Waals surface area contributed by atoms with E-state index in [-0.39, 0.29) is 11.1 Å². The summed E-state index contributed by atoms with van der Waals surface area (Å²) in [6.07, 6.45) is -4.53. The lowest BCUT2D eigenvalue weighted by Crippen LogP contribution is -2.04. The van der Waals surface area contributed by atoms with Crippen LogP contribution in [0.5, 0.6) is 0 Å². The Labute approximate surface area is 88.3 Å². The van der Waals surface area contributed by atoms with E-state index in [1.165, 1.54) is 0 Å². The predicted molar refractivity (Wildman–Crippen MR) is 49.6 cm³/mol. The summed E-state index contributed by atoms with van der Waals surface area (Å²) < 4.78 is 41.8. The van der Waals surface area contributed by atoms with Gasteiger partial charge in [-0.05, 0) is 23.3 Å². The fraction of sp³-hybridized carbons (Fsp3) is 0.300. The summed E-state index contributed by atoms with van der Waals surface area (Å²) in [6.45, 7) is 1.33. The average molecular weight is 228 g/mol. The molecule has 1 aromatic heterocycles. The molecule has 16 heavy (non-hydrogen) atoms. The average Bonchev–Trinajstić information content (AvgIpc) is 2.75. The zero-order chi connectivity index (χ0) is 11.3. The zero-order valence-electron chi connectivity index (χ0n) is 8.06. The first kappa shape index (κ1) is 9.65. The molecular formula is C10H7F3N2O. The van der Waals surface area contributed by atoms with Crippen molar-refractivity contribution < 1.29 is 17.6 Å². The molecule has 3 nitrogen and oxygen atoms in total. The molecule has 0 unspecified atom stereocenters. The number of oxazole rings is 1. The molecule has 1 aliphatic heterocycles. The number of nitrogens with zero attached hydrogens (tertiary/aromatic N) is 1. The maximum atomic E-state index is 12.4. The first-order valence-corrected chi connectivity index (χ1v) is 4.74. The van der Waals surface area contributed by atoms with E-state index in [1.54, 1.807) is 12.1 Å². The van der Waals surface area contributed by atoms with Crippen molar-refractivity contribution in [2.24, 2.45) is 0 Å². The van der Waals surface area contributed by atoms with Crippen molar-refractivity contribution in [1.82, 2.24) is 10.3 Å². The molecule has 0 aliphatic carbocycles. The minimum absolute atomic E-state index is 0.190. The molecule has 3 rings (SSSR count). The highest BCUT2D eigenvalue weighted by Crippen LogP contribution is 2.32. The van der Waals surface area contributed by atoms with Crippen molar-refractivity contribution in [3.63, 3.8) is 0 Å². The molecule has 1 aliphatic rings. The number of rotatable bonds is 0. The second-order valence-electron chi connectivity index (χ2n) is 3.71. The molecule has 0 spiro atoms. The molecule has 0 amide bonds. The van der Waals surface area contributed by atoms with Crippen molar-refractivity contribution in [1.29, 1.82) is 0 Å². The third-order valence-corrected chi connectivity index (χ3v) is 2.58. The third-order valence-electron chi connectivity index (χ3n) is 2.58. The van der Waals surface area contributed by atoms with Gasteiger partial charge in [0.05, 0.1) is 0 Å². The Bertz CT molecular complexity index is 518. The minimum Gasteiger partial charge on any atom is -0.433 e. The summed E-state index contributed by atoms with van der Waals surface area (Å²) in [6, 6.07) is 3.26. The molecule has 2 heterocycles. The number of benzene rings is 1. The van der Waals surface area contributed by atoms with E-state index in [4.69, 9.17) is 4.42 Å². The van der Waals surface area contributed by atoms with Gasteiger partial charge in [-0.1, -0.05) is 0 Å². The fourth-order valence-corrected chi connectivity index (χ4v) is 1.84. The van der Waals surface area contributed by atoms with Crippen LogP contribution in [0.2, 0.25) is 0 Å². The second kappa shape index (κ2) is 2.98. The lowest BCUT2D eigenvalue weighted by molar-refractivity contribution is -0.156. The summed E-state index contributed by atoms with van der Waals surface area (Å²) in [5, 5.41) is 3.11. The highest BCUT2D eigenvalue weighted by atomic mass is 19.4. The fourth-order valence-electron chi connectivity index (χ4n) is 1.84. The summed E-state index contributed by atoms with van der Waals surface area (Å²) in [4.78, 5) is 3.44. The summed E-state index contributed by atoms with van der Waals surface area (Å²) in [5.74, 6) is -1.18. The van der Waals surface area contributed by atoms with E-state index in [0.29, 0.717) is 13.1 Å². The van der Waals surface area contributed by atoms with Crippen LogP contribution in [0.15, 0.2) is 16.5 Å². The summed E-state index contributed by atoms with van der Waals surface area (Å²) in [5.41, 5.74) is 2.40. The van der Waals surface area contributed by atoms with Gasteiger partial charge < -0.3 is 9.73 Å². The molecule has 2 aromatic rings. The van der Waals surface area contributed by atoms with Crippen molar-refractivity contribution in [2.75, 3.05) is 0 Å². The Morgan fingerprint density at radius 2 is 1.88 bits per heavy atom. The van der Waals surface area contributed by atoms with Crippen molar-refractivity contribution in [3.05, 3.63) is 29.2 Å². The zero-order valence-corrected chi connectivity index (χ0v) is 8.06. The largest absolute Gasteiger partial charge is 0.468 e. The molecule has 0 fully saturated rings. The predicted octanol–water partition coefficient (Wildman–Crippen LogP) is 2.45. The first-order chi connectivity index (χ1) is 7.54. The number of aromatic nitrogens is 1. The highest BCUT2D eigenvalue weighted by Gasteiger charge is 2.37. The smallest absolute Gasteiger partial charge is 0.433 e. The van der Waals surface area contributed by atoms with Gasteiger partial charge in [0.2, 0.25) is 0 Å². The first-order valence-electron chi connectivity index (χ1n) is 4.74. The maximum absolute atomic E-state index is 12.4. The molecule has 0 atom stereocenters. The number of alkyl halides is 3. The molecular weight excluding hydrogens is 221 g/mol. The van der Waals surface area contributed by atoms with Gasteiger partial charge in [0, 0.05) is 13.1 Å². The highest BCUT2D eigenvalue weighted by molar-refractivity contribution is 5.75. The lowest BCUT2D eigenvalue weighted by atomic mass is 10.1. The van der Waals surface area contributed by atoms with E-state index in [0.717, 1.165) is 11.1 Å². The number of fused-ring (bicyclic) bond motifs is 2. The van der Waals surface area contributed by atoms with Crippen LogP contribution in [-0.4, -0.2) is 4.98 Å². The van der Waals surface area contributed by atoms with Crippen molar-refractivity contribution >= 4 is 11.1 Å². The van der Waals surface area contributed by atoms with Crippen LogP contribution in [0.3, 0.4) is 0 Å². The van der Waals surface area contributed by atoms with Gasteiger partial charge in [-0.25, -0.2) is 4.98 Å². The van der Waals surface area contributed by atoms with Crippen LogP contribution in [0, 0.1) is 0 Å². The number of halogens is 3. The normalized spacial score (nSPS) is 15.7. The molecule has 0 radical (unpaired) electrons. The molecule has 1 N–H and O–H groups in total. The Morgan fingerprint density at radius 3 is 2.56 bits per heavy atom. The summed E-state index contributed by atoms with van der Waals surface area (Å²) in [7, 11) is 0. The van der Waals surface area contributed by atoms with Gasteiger partial charge in [-0.2, -0.15) is 13.2 Å². The van der Waals surface area contributed by atoms with Crippen LogP contribution in [0.25, 0.3) is 11.1 Å². The van der Waals surface area contributed by atoms with Crippen LogP contribution in [-0.2, 0) is 19.3 Å². The van der Waals surface area contributed by atoms with Crippen molar-refractivity contribution in [3.8, 4) is 0 Å². The molecule has 6 heteroatoms. The Balaban J connectivity index is 2.19. The molecule has 0 bridgehead atoms. The molecule has 84 valence electrons. The molecule has 0 saturated carbocycles. The van der Waals surface area contributed by atoms with Gasteiger partial charge in [-0.3, -0.25) is 0 Å². The summed E-state index contributed by atoms with van der Waals surface area (Å²) >= 11 is 0. The standard InChI is InChI=1S/C10H7F3N2O/c11-10(12,13)9-15-7-1-5-3-14-4-6(5)2-8(7)16-9/h1-2,14H,3-4H2. The number of nitrogens with one attached hydrogen (secondary N) is 1. The number of hydrogen-bond donors (Lipinski definition) is 1. The molecule has 1 aromatic carbocycles. The lowest BCUT2D eigenvalue weighted by Gasteiger charge is -1.97. The Kier molecular flexibility index (Phi) is 1.79. The van der Waals surface area contributed by atoms with Crippen LogP contribution in [0.1, 0.15) is 17.0 Å². The van der Waals surface area contributed by atoms with E-state index >= 15 is 0 Å². The SMILES string of the molecule is FC(F)(F)c1nc2cc3c(cc2o1)CNC3. The minimum atomic E-state index is -4.53.